The van der Waals surface area contributed by atoms with Crippen molar-refractivity contribution in [1.82, 2.24) is 15.0 Å². The van der Waals surface area contributed by atoms with Crippen molar-refractivity contribution in [2.75, 3.05) is 12.8 Å². The molecular formula is C13H10N4O2S. The third-order valence-electron chi connectivity index (χ3n) is 2.77. The molecule has 0 aliphatic carbocycles. The number of rotatable bonds is 2. The Morgan fingerprint density at radius 2 is 2.25 bits per heavy atom. The second kappa shape index (κ2) is 4.86. The number of hydrogen-bond donors (Lipinski definition) is 1. The maximum Gasteiger partial charge on any atom is 0.350 e. The summed E-state index contributed by atoms with van der Waals surface area (Å²) in [6.07, 6.45) is 5.01. The number of nitrogens with zero attached hydrogens (tertiary/aromatic N) is 3. The van der Waals surface area contributed by atoms with E-state index in [1.54, 1.807) is 18.6 Å². The zero-order chi connectivity index (χ0) is 14.1. The summed E-state index contributed by atoms with van der Waals surface area (Å²) < 4.78 is 4.69. The van der Waals surface area contributed by atoms with E-state index in [4.69, 9.17) is 5.73 Å². The van der Waals surface area contributed by atoms with Crippen LogP contribution in [0.15, 0.2) is 30.7 Å². The van der Waals surface area contributed by atoms with Gasteiger partial charge in [-0.2, -0.15) is 0 Å². The molecule has 0 aliphatic heterocycles. The Hall–Kier alpha value is -2.54. The predicted molar refractivity (Wildman–Crippen MR) is 76.4 cm³/mol. The number of methoxy groups -OCH3 is 1. The number of nitrogen functional groups attached to an aromatic ring is 1. The van der Waals surface area contributed by atoms with E-state index >= 15 is 0 Å². The standard InChI is InChI=1S/C13H10N4O2S/c1-19-13(18)11-9(14)10-12(20-11)16-6-8(17-10)7-3-2-4-15-5-7/h2-6H,14H2,1H3. The van der Waals surface area contributed by atoms with Crippen molar-refractivity contribution in [3.63, 3.8) is 0 Å². The molecule has 3 aromatic heterocycles. The fourth-order valence-electron chi connectivity index (χ4n) is 1.79. The Balaban J connectivity index is 2.17. The second-order valence-electron chi connectivity index (χ2n) is 3.99. The highest BCUT2D eigenvalue weighted by molar-refractivity contribution is 7.21. The molecule has 0 saturated carbocycles. The molecule has 0 radical (unpaired) electrons. The normalized spacial score (nSPS) is 10.7. The van der Waals surface area contributed by atoms with Crippen LogP contribution < -0.4 is 5.73 Å². The number of nitrogens with two attached hydrogens (primary N) is 1. The van der Waals surface area contributed by atoms with Crippen molar-refractivity contribution in [2.45, 2.75) is 0 Å². The molecule has 3 rings (SSSR count). The van der Waals surface area contributed by atoms with Gasteiger partial charge >= 0.3 is 5.97 Å². The van der Waals surface area contributed by atoms with Gasteiger partial charge in [-0.1, -0.05) is 0 Å². The van der Waals surface area contributed by atoms with Gasteiger partial charge in [0.25, 0.3) is 0 Å². The van der Waals surface area contributed by atoms with Crippen molar-refractivity contribution < 1.29 is 9.53 Å². The maximum absolute atomic E-state index is 11.6. The first-order chi connectivity index (χ1) is 9.70. The van der Waals surface area contributed by atoms with Crippen LogP contribution in [0.25, 0.3) is 21.6 Å². The number of esters is 1. The largest absolute Gasteiger partial charge is 0.465 e. The molecule has 0 aromatic carbocycles. The zero-order valence-electron chi connectivity index (χ0n) is 10.5. The number of ether oxygens (including phenoxy) is 1. The molecule has 100 valence electrons. The lowest BCUT2D eigenvalue weighted by atomic mass is 10.2. The van der Waals surface area contributed by atoms with Gasteiger partial charge in [0, 0.05) is 18.0 Å². The fraction of sp³-hybridized carbons (Fsp3) is 0.0769. The van der Waals surface area contributed by atoms with Gasteiger partial charge in [0.05, 0.1) is 24.7 Å². The highest BCUT2D eigenvalue weighted by Gasteiger charge is 2.19. The third kappa shape index (κ3) is 1.97. The number of fused-ring (bicyclic) bond motifs is 1. The number of thiophene rings is 1. The van der Waals surface area contributed by atoms with E-state index in [1.807, 2.05) is 12.1 Å². The van der Waals surface area contributed by atoms with Crippen LogP contribution in [0.2, 0.25) is 0 Å². The molecule has 2 N–H and O–H groups in total. The summed E-state index contributed by atoms with van der Waals surface area (Å²) >= 11 is 1.17. The summed E-state index contributed by atoms with van der Waals surface area (Å²) in [7, 11) is 1.31. The molecule has 7 heteroatoms. The maximum atomic E-state index is 11.6. The van der Waals surface area contributed by atoms with Crippen molar-refractivity contribution in [3.8, 4) is 11.3 Å². The number of carbonyl (C=O) groups is 1. The number of anilines is 1. The van der Waals surface area contributed by atoms with Crippen LogP contribution in [0.3, 0.4) is 0 Å². The van der Waals surface area contributed by atoms with Crippen molar-refractivity contribution in [1.29, 1.82) is 0 Å². The van der Waals surface area contributed by atoms with Crippen LogP contribution in [0, 0.1) is 0 Å². The summed E-state index contributed by atoms with van der Waals surface area (Å²) in [6, 6.07) is 3.70. The van der Waals surface area contributed by atoms with E-state index < -0.39 is 5.97 Å². The van der Waals surface area contributed by atoms with Crippen molar-refractivity contribution in [2.24, 2.45) is 0 Å². The molecule has 0 unspecified atom stereocenters. The summed E-state index contributed by atoms with van der Waals surface area (Å²) in [5.41, 5.74) is 8.26. The first kappa shape index (κ1) is 12.5. The molecule has 0 bridgehead atoms. The van der Waals surface area contributed by atoms with Crippen LogP contribution in [0.4, 0.5) is 5.69 Å². The Labute approximate surface area is 118 Å². The molecule has 3 heterocycles. The average molecular weight is 286 g/mol. The first-order valence-electron chi connectivity index (χ1n) is 5.74. The van der Waals surface area contributed by atoms with E-state index in [9.17, 15) is 4.79 Å². The monoisotopic (exact) mass is 286 g/mol. The van der Waals surface area contributed by atoms with E-state index in [0.717, 1.165) is 5.56 Å². The predicted octanol–water partition coefficient (Wildman–Crippen LogP) is 2.12. The second-order valence-corrected chi connectivity index (χ2v) is 4.99. The highest BCUT2D eigenvalue weighted by atomic mass is 32.1. The fourth-order valence-corrected chi connectivity index (χ4v) is 2.71. The number of pyridine rings is 1. The summed E-state index contributed by atoms with van der Waals surface area (Å²) in [5, 5.41) is 0. The lowest BCUT2D eigenvalue weighted by Crippen LogP contribution is -2.01. The summed E-state index contributed by atoms with van der Waals surface area (Å²) in [5.74, 6) is -0.477. The Morgan fingerprint density at radius 3 is 2.95 bits per heavy atom. The van der Waals surface area contributed by atoms with E-state index in [1.165, 1.54) is 18.4 Å². The molecule has 3 aromatic rings. The number of aromatic nitrogens is 3. The molecule has 0 atom stereocenters. The smallest absolute Gasteiger partial charge is 0.350 e. The minimum Gasteiger partial charge on any atom is -0.465 e. The van der Waals surface area contributed by atoms with Gasteiger partial charge in [-0.3, -0.25) is 4.98 Å². The van der Waals surface area contributed by atoms with Crippen molar-refractivity contribution in [3.05, 3.63) is 35.6 Å². The number of carbonyl (C=O) groups excluding carboxylic acids is 1. The molecule has 0 saturated heterocycles. The van der Waals surface area contributed by atoms with E-state index in [-0.39, 0.29) is 0 Å². The lowest BCUT2D eigenvalue weighted by molar-refractivity contribution is 0.0607. The van der Waals surface area contributed by atoms with Crippen LogP contribution in [0.5, 0.6) is 0 Å². The number of hydrogen-bond acceptors (Lipinski definition) is 7. The van der Waals surface area contributed by atoms with Gasteiger partial charge in [0.1, 0.15) is 15.2 Å². The minimum absolute atomic E-state index is 0.301. The van der Waals surface area contributed by atoms with Gasteiger partial charge in [-0.25, -0.2) is 14.8 Å². The topological polar surface area (TPSA) is 91.0 Å². The molecule has 6 nitrogen and oxygen atoms in total. The van der Waals surface area contributed by atoms with Gasteiger partial charge in [-0.05, 0) is 12.1 Å². The highest BCUT2D eigenvalue weighted by Crippen LogP contribution is 2.32. The van der Waals surface area contributed by atoms with Gasteiger partial charge < -0.3 is 10.5 Å². The molecule has 20 heavy (non-hydrogen) atoms. The van der Waals surface area contributed by atoms with Gasteiger partial charge in [0.15, 0.2) is 0 Å². The van der Waals surface area contributed by atoms with Crippen LogP contribution in [0.1, 0.15) is 9.67 Å². The minimum atomic E-state index is -0.477. The van der Waals surface area contributed by atoms with Gasteiger partial charge in [-0.15, -0.1) is 11.3 Å². The Morgan fingerprint density at radius 1 is 1.40 bits per heavy atom. The molecule has 0 aliphatic rings. The van der Waals surface area contributed by atoms with Gasteiger partial charge in [0.2, 0.25) is 0 Å². The summed E-state index contributed by atoms with van der Waals surface area (Å²) in [6.45, 7) is 0. The third-order valence-corrected chi connectivity index (χ3v) is 3.85. The molecule has 0 amide bonds. The van der Waals surface area contributed by atoms with Crippen molar-refractivity contribution >= 4 is 33.3 Å². The Kier molecular flexibility index (Phi) is 3.03. The molecule has 0 fully saturated rings. The van der Waals surface area contributed by atoms with E-state index in [2.05, 4.69) is 19.7 Å². The quantitative estimate of drug-likeness (QED) is 0.726. The first-order valence-corrected chi connectivity index (χ1v) is 6.56. The van der Waals surface area contributed by atoms with Crippen LogP contribution in [-0.2, 0) is 4.74 Å². The van der Waals surface area contributed by atoms with Crippen LogP contribution >= 0.6 is 11.3 Å². The van der Waals surface area contributed by atoms with Crippen LogP contribution in [-0.4, -0.2) is 28.0 Å². The Bertz CT molecular complexity index is 786. The summed E-state index contributed by atoms with van der Waals surface area (Å²) in [4.78, 5) is 25.3. The molecule has 0 spiro atoms. The lowest BCUT2D eigenvalue weighted by Gasteiger charge is -1.99. The SMILES string of the molecule is COC(=O)c1sc2ncc(-c3cccnc3)nc2c1N. The average Bonchev–Trinajstić information content (AvgIpc) is 2.84. The van der Waals surface area contributed by atoms with E-state index in [0.29, 0.717) is 26.6 Å². The molecular weight excluding hydrogens is 276 g/mol. The zero-order valence-corrected chi connectivity index (χ0v) is 11.3.